The van der Waals surface area contributed by atoms with Crippen molar-refractivity contribution in [3.63, 3.8) is 0 Å². The Morgan fingerprint density at radius 1 is 1.17 bits per heavy atom. The molecule has 0 spiro atoms. The molecular formula is C20H24O4. The normalized spacial score (nSPS) is 33.8. The molecule has 4 nitrogen and oxygen atoms in total. The zero-order valence-corrected chi connectivity index (χ0v) is 14.0. The van der Waals surface area contributed by atoms with Crippen LogP contribution in [0.3, 0.4) is 0 Å². The maximum Gasteiger partial charge on any atom is 0.331 e. The van der Waals surface area contributed by atoms with Crippen LogP contribution in [0, 0.1) is 17.8 Å². The second-order valence-corrected chi connectivity index (χ2v) is 7.79. The number of benzene rings is 1. The molecule has 0 aromatic heterocycles. The van der Waals surface area contributed by atoms with E-state index in [2.05, 4.69) is 0 Å². The van der Waals surface area contributed by atoms with Gasteiger partial charge in [-0.15, -0.1) is 0 Å². The number of phenolic OH excluding ortho intramolecular Hbond substituents is 1. The molecule has 0 unspecified atom stereocenters. The highest BCUT2D eigenvalue weighted by Gasteiger charge is 2.53. The van der Waals surface area contributed by atoms with Gasteiger partial charge in [-0.25, -0.2) is 4.79 Å². The summed E-state index contributed by atoms with van der Waals surface area (Å²) < 4.78 is 11.0. The lowest BCUT2D eigenvalue weighted by molar-refractivity contribution is -0.181. The molecular weight excluding hydrogens is 304 g/mol. The van der Waals surface area contributed by atoms with Crippen molar-refractivity contribution in [3.05, 3.63) is 29.8 Å². The van der Waals surface area contributed by atoms with E-state index in [0.717, 1.165) is 42.6 Å². The Hall–Kier alpha value is -1.97. The fraction of sp³-hybridized carbons (Fsp3) is 0.550. The number of ether oxygens (including phenoxy) is 2. The fourth-order valence-electron chi connectivity index (χ4n) is 5.37. The van der Waals surface area contributed by atoms with E-state index < -0.39 is 0 Å². The fourth-order valence-corrected chi connectivity index (χ4v) is 5.37. The summed E-state index contributed by atoms with van der Waals surface area (Å²) >= 11 is 0. The molecule has 1 aromatic carbocycles. The van der Waals surface area contributed by atoms with Crippen molar-refractivity contribution in [2.75, 3.05) is 7.11 Å². The smallest absolute Gasteiger partial charge is 0.331 e. The van der Waals surface area contributed by atoms with Crippen LogP contribution in [-0.2, 0) is 9.53 Å². The van der Waals surface area contributed by atoms with E-state index in [-0.39, 0.29) is 17.3 Å². The van der Waals surface area contributed by atoms with Crippen LogP contribution >= 0.6 is 0 Å². The van der Waals surface area contributed by atoms with E-state index >= 15 is 0 Å². The summed E-state index contributed by atoms with van der Waals surface area (Å²) in [7, 11) is 1.50. The first-order valence-electron chi connectivity index (χ1n) is 8.83. The number of carbonyl (C=O) groups excluding carboxylic acids is 1. The van der Waals surface area contributed by atoms with Crippen molar-refractivity contribution < 1.29 is 19.4 Å². The number of phenols is 1. The Kier molecular flexibility index (Phi) is 3.78. The highest BCUT2D eigenvalue weighted by atomic mass is 16.6. The van der Waals surface area contributed by atoms with Crippen molar-refractivity contribution in [3.8, 4) is 11.5 Å². The lowest BCUT2D eigenvalue weighted by atomic mass is 9.54. The van der Waals surface area contributed by atoms with Crippen molar-refractivity contribution >= 4 is 12.0 Å². The van der Waals surface area contributed by atoms with Crippen LogP contribution in [0.4, 0.5) is 0 Å². The minimum Gasteiger partial charge on any atom is -0.504 e. The molecule has 0 atom stereocenters. The zero-order valence-electron chi connectivity index (χ0n) is 14.0. The summed E-state index contributed by atoms with van der Waals surface area (Å²) in [5.41, 5.74) is 0.593. The summed E-state index contributed by atoms with van der Waals surface area (Å²) in [6, 6.07) is 5.00. The number of hydrogen-bond acceptors (Lipinski definition) is 4. The third-order valence-corrected chi connectivity index (χ3v) is 5.91. The van der Waals surface area contributed by atoms with Gasteiger partial charge in [0.05, 0.1) is 7.11 Å². The van der Waals surface area contributed by atoms with Crippen LogP contribution in [0.25, 0.3) is 6.08 Å². The summed E-state index contributed by atoms with van der Waals surface area (Å²) in [5, 5.41) is 9.61. The summed E-state index contributed by atoms with van der Waals surface area (Å²) in [6.07, 6.45) is 10.3. The van der Waals surface area contributed by atoms with Crippen molar-refractivity contribution in [1.82, 2.24) is 0 Å². The third kappa shape index (κ3) is 2.90. The van der Waals surface area contributed by atoms with Gasteiger partial charge in [-0.2, -0.15) is 0 Å². The highest BCUT2D eigenvalue weighted by molar-refractivity contribution is 5.87. The standard InChI is InChI=1S/C20H24O4/c1-23-18-9-13(2-4-17(18)21)3-5-19(22)24-20-10-14-6-15(11-20)8-16(7-14)12-20/h2-5,9,14-16,21H,6-8,10-12H2,1H3/b5-3+. The molecule has 4 heteroatoms. The van der Waals surface area contributed by atoms with Gasteiger partial charge in [0.2, 0.25) is 0 Å². The zero-order chi connectivity index (χ0) is 16.7. The topological polar surface area (TPSA) is 55.8 Å². The molecule has 0 radical (unpaired) electrons. The van der Waals surface area contributed by atoms with Crippen LogP contribution in [-0.4, -0.2) is 23.8 Å². The quantitative estimate of drug-likeness (QED) is 0.672. The molecule has 0 heterocycles. The van der Waals surface area contributed by atoms with Crippen LogP contribution in [0.15, 0.2) is 24.3 Å². The van der Waals surface area contributed by atoms with Gasteiger partial charge >= 0.3 is 5.97 Å². The molecule has 4 saturated carbocycles. The van der Waals surface area contributed by atoms with Gasteiger partial charge in [-0.05, 0) is 80.1 Å². The molecule has 1 aromatic rings. The number of hydrogen-bond donors (Lipinski definition) is 1. The number of carbonyl (C=O) groups is 1. The van der Waals surface area contributed by atoms with Crippen LogP contribution in [0.5, 0.6) is 11.5 Å². The van der Waals surface area contributed by atoms with Gasteiger partial charge in [0.1, 0.15) is 5.60 Å². The molecule has 128 valence electrons. The van der Waals surface area contributed by atoms with E-state index in [0.29, 0.717) is 5.75 Å². The molecule has 4 aliphatic rings. The van der Waals surface area contributed by atoms with E-state index in [9.17, 15) is 9.90 Å². The molecule has 4 bridgehead atoms. The number of rotatable bonds is 4. The van der Waals surface area contributed by atoms with Crippen molar-refractivity contribution in [1.29, 1.82) is 0 Å². The van der Waals surface area contributed by atoms with Crippen LogP contribution in [0.2, 0.25) is 0 Å². The Balaban J connectivity index is 1.43. The van der Waals surface area contributed by atoms with E-state index in [1.165, 1.54) is 32.4 Å². The van der Waals surface area contributed by atoms with Gasteiger partial charge < -0.3 is 14.6 Å². The predicted octanol–water partition coefficient (Wildman–Crippen LogP) is 3.93. The van der Waals surface area contributed by atoms with Gasteiger partial charge in [-0.3, -0.25) is 0 Å². The molecule has 24 heavy (non-hydrogen) atoms. The van der Waals surface area contributed by atoms with Crippen molar-refractivity contribution in [2.45, 2.75) is 44.1 Å². The third-order valence-electron chi connectivity index (χ3n) is 5.91. The van der Waals surface area contributed by atoms with E-state index in [1.807, 2.05) is 0 Å². The first-order valence-corrected chi connectivity index (χ1v) is 8.83. The van der Waals surface area contributed by atoms with E-state index in [1.54, 1.807) is 24.3 Å². The summed E-state index contributed by atoms with van der Waals surface area (Å²) in [4.78, 5) is 12.3. The minimum absolute atomic E-state index is 0.0887. The lowest BCUT2D eigenvalue weighted by Crippen LogP contribution is -2.52. The average molecular weight is 328 g/mol. The largest absolute Gasteiger partial charge is 0.504 e. The second kappa shape index (κ2) is 5.83. The molecule has 0 saturated heterocycles. The van der Waals surface area contributed by atoms with Crippen molar-refractivity contribution in [2.24, 2.45) is 17.8 Å². The monoisotopic (exact) mass is 328 g/mol. The Bertz CT molecular complexity index is 641. The van der Waals surface area contributed by atoms with Gasteiger partial charge in [0, 0.05) is 6.08 Å². The molecule has 5 rings (SSSR count). The molecule has 4 aliphatic carbocycles. The number of methoxy groups -OCH3 is 1. The molecule has 0 aliphatic heterocycles. The predicted molar refractivity (Wildman–Crippen MR) is 90.7 cm³/mol. The maximum absolute atomic E-state index is 12.3. The summed E-state index contributed by atoms with van der Waals surface area (Å²) in [6.45, 7) is 0. The first-order chi connectivity index (χ1) is 11.5. The summed E-state index contributed by atoms with van der Waals surface area (Å²) in [5.74, 6) is 2.50. The Morgan fingerprint density at radius 2 is 1.79 bits per heavy atom. The lowest BCUT2D eigenvalue weighted by Gasteiger charge is -2.55. The maximum atomic E-state index is 12.3. The van der Waals surface area contributed by atoms with Gasteiger partial charge in [0.15, 0.2) is 11.5 Å². The van der Waals surface area contributed by atoms with Gasteiger partial charge in [-0.1, -0.05) is 6.07 Å². The van der Waals surface area contributed by atoms with Crippen LogP contribution in [0.1, 0.15) is 44.1 Å². The molecule has 1 N–H and O–H groups in total. The molecule has 0 amide bonds. The van der Waals surface area contributed by atoms with Crippen LogP contribution < -0.4 is 4.74 Å². The first kappa shape index (κ1) is 15.6. The molecule has 4 fully saturated rings. The van der Waals surface area contributed by atoms with E-state index in [4.69, 9.17) is 9.47 Å². The SMILES string of the molecule is COc1cc(/C=C/C(=O)OC23CC4CC(CC(C4)C2)C3)ccc1O. The number of aromatic hydroxyl groups is 1. The average Bonchev–Trinajstić information content (AvgIpc) is 2.52. The van der Waals surface area contributed by atoms with Gasteiger partial charge in [0.25, 0.3) is 0 Å². The Labute approximate surface area is 142 Å². The highest BCUT2D eigenvalue weighted by Crippen LogP contribution is 2.57. The number of esters is 1. The Morgan fingerprint density at radius 3 is 2.38 bits per heavy atom. The second-order valence-electron chi connectivity index (χ2n) is 7.79. The minimum atomic E-state index is -0.260.